The fourth-order valence-electron chi connectivity index (χ4n) is 1.65. The number of rotatable bonds is 3. The van der Waals surface area contributed by atoms with Crippen molar-refractivity contribution in [3.05, 3.63) is 51.7 Å². The highest BCUT2D eigenvalue weighted by Gasteiger charge is 2.08. The van der Waals surface area contributed by atoms with Gasteiger partial charge in [0.05, 0.1) is 16.4 Å². The lowest BCUT2D eigenvalue weighted by Gasteiger charge is -2.03. The van der Waals surface area contributed by atoms with E-state index in [0.29, 0.717) is 11.3 Å². The Bertz CT molecular complexity index is 664. The molecule has 0 radical (unpaired) electrons. The molecule has 1 heterocycles. The highest BCUT2D eigenvalue weighted by molar-refractivity contribution is 7.14. The molecule has 102 valence electrons. The summed E-state index contributed by atoms with van der Waals surface area (Å²) in [6.07, 6.45) is 0.447. The van der Waals surface area contributed by atoms with Crippen molar-refractivity contribution in [1.29, 1.82) is 0 Å². The van der Waals surface area contributed by atoms with Gasteiger partial charge in [-0.25, -0.2) is 0 Å². The van der Waals surface area contributed by atoms with Crippen LogP contribution in [0.3, 0.4) is 0 Å². The SMILES string of the molecule is Cc1cccc(NC(=O)c2ccc(C#CCCO)s2)c1. The van der Waals surface area contributed by atoms with Crippen LogP contribution in [0.15, 0.2) is 36.4 Å². The molecule has 2 rings (SSSR count). The van der Waals surface area contributed by atoms with E-state index in [2.05, 4.69) is 17.2 Å². The second kappa shape index (κ2) is 6.90. The van der Waals surface area contributed by atoms with Gasteiger partial charge in [-0.2, -0.15) is 0 Å². The van der Waals surface area contributed by atoms with Crippen molar-refractivity contribution in [2.75, 3.05) is 11.9 Å². The molecule has 0 saturated carbocycles. The summed E-state index contributed by atoms with van der Waals surface area (Å²) in [6.45, 7) is 2.04. The lowest BCUT2D eigenvalue weighted by Crippen LogP contribution is -2.09. The van der Waals surface area contributed by atoms with Gasteiger partial charge < -0.3 is 10.4 Å². The van der Waals surface area contributed by atoms with Gasteiger partial charge in [-0.3, -0.25) is 4.79 Å². The van der Waals surface area contributed by atoms with Gasteiger partial charge in [-0.15, -0.1) is 11.3 Å². The molecule has 1 aromatic heterocycles. The van der Waals surface area contributed by atoms with Crippen molar-refractivity contribution in [1.82, 2.24) is 0 Å². The van der Waals surface area contributed by atoms with Crippen LogP contribution in [0.1, 0.15) is 26.5 Å². The van der Waals surface area contributed by atoms with Crippen LogP contribution in [0.5, 0.6) is 0 Å². The van der Waals surface area contributed by atoms with E-state index in [9.17, 15) is 4.79 Å². The second-order valence-corrected chi connectivity index (χ2v) is 5.35. The maximum absolute atomic E-state index is 12.1. The zero-order valence-corrected chi connectivity index (χ0v) is 12.0. The van der Waals surface area contributed by atoms with Crippen LogP contribution in [0, 0.1) is 18.8 Å². The number of thiophene rings is 1. The zero-order chi connectivity index (χ0) is 14.4. The molecule has 0 aliphatic carbocycles. The van der Waals surface area contributed by atoms with E-state index in [1.54, 1.807) is 6.07 Å². The van der Waals surface area contributed by atoms with Gasteiger partial charge in [0.1, 0.15) is 0 Å². The molecule has 0 saturated heterocycles. The minimum absolute atomic E-state index is 0.0546. The summed E-state index contributed by atoms with van der Waals surface area (Å²) in [5.74, 6) is 5.63. The molecule has 2 aromatic rings. The van der Waals surface area contributed by atoms with Crippen LogP contribution < -0.4 is 5.32 Å². The number of carbonyl (C=O) groups excluding carboxylic acids is 1. The molecule has 1 amide bonds. The summed E-state index contributed by atoms with van der Waals surface area (Å²) in [4.78, 5) is 13.5. The summed E-state index contributed by atoms with van der Waals surface area (Å²) >= 11 is 1.35. The zero-order valence-electron chi connectivity index (χ0n) is 11.1. The third-order valence-corrected chi connectivity index (χ3v) is 3.55. The first-order valence-corrected chi connectivity index (χ1v) is 7.08. The van der Waals surface area contributed by atoms with Crippen molar-refractivity contribution >= 4 is 22.9 Å². The third kappa shape index (κ3) is 3.95. The summed E-state index contributed by atoms with van der Waals surface area (Å²) in [6, 6.07) is 11.3. The number of aryl methyl sites for hydroxylation is 1. The Kier molecular flexibility index (Phi) is 4.94. The van der Waals surface area contributed by atoms with E-state index >= 15 is 0 Å². The van der Waals surface area contributed by atoms with Crippen LogP contribution in [-0.4, -0.2) is 17.6 Å². The second-order valence-electron chi connectivity index (χ2n) is 4.26. The van der Waals surface area contributed by atoms with E-state index in [-0.39, 0.29) is 12.5 Å². The number of amides is 1. The molecule has 0 aliphatic heterocycles. The average Bonchev–Trinajstić information content (AvgIpc) is 2.88. The third-order valence-electron chi connectivity index (χ3n) is 2.55. The number of hydrogen-bond donors (Lipinski definition) is 2. The Morgan fingerprint density at radius 2 is 2.20 bits per heavy atom. The number of aliphatic hydroxyl groups excluding tert-OH is 1. The Morgan fingerprint density at radius 1 is 1.35 bits per heavy atom. The number of aliphatic hydroxyl groups is 1. The molecule has 4 heteroatoms. The van der Waals surface area contributed by atoms with Crippen LogP contribution in [0.4, 0.5) is 5.69 Å². The number of carbonyl (C=O) groups is 1. The molecule has 3 nitrogen and oxygen atoms in total. The van der Waals surface area contributed by atoms with Crippen molar-refractivity contribution < 1.29 is 9.90 Å². The van der Waals surface area contributed by atoms with E-state index in [0.717, 1.165) is 16.1 Å². The molecule has 0 aliphatic rings. The minimum Gasteiger partial charge on any atom is -0.395 e. The maximum atomic E-state index is 12.1. The Hall–Kier alpha value is -2.09. The first-order valence-electron chi connectivity index (χ1n) is 6.26. The first-order chi connectivity index (χ1) is 9.69. The van der Waals surface area contributed by atoms with Crippen molar-refractivity contribution in [3.63, 3.8) is 0 Å². The normalized spacial score (nSPS) is 9.70. The van der Waals surface area contributed by atoms with Gasteiger partial charge in [0, 0.05) is 12.1 Å². The molecule has 0 fully saturated rings. The van der Waals surface area contributed by atoms with Crippen molar-refractivity contribution in [3.8, 4) is 11.8 Å². The Labute approximate surface area is 122 Å². The van der Waals surface area contributed by atoms with E-state index in [1.165, 1.54) is 11.3 Å². The lowest BCUT2D eigenvalue weighted by molar-refractivity contribution is 0.103. The van der Waals surface area contributed by atoms with Gasteiger partial charge in [0.15, 0.2) is 0 Å². The van der Waals surface area contributed by atoms with Gasteiger partial charge in [0.2, 0.25) is 0 Å². The predicted octanol–water partition coefficient (Wildman–Crippen LogP) is 3.04. The fraction of sp³-hybridized carbons (Fsp3) is 0.188. The number of nitrogens with one attached hydrogen (secondary N) is 1. The highest BCUT2D eigenvalue weighted by Crippen LogP contribution is 2.18. The first kappa shape index (κ1) is 14.3. The van der Waals surface area contributed by atoms with E-state index in [4.69, 9.17) is 5.11 Å². The van der Waals surface area contributed by atoms with Crippen LogP contribution in [0.25, 0.3) is 0 Å². The maximum Gasteiger partial charge on any atom is 0.265 e. The largest absolute Gasteiger partial charge is 0.395 e. The minimum atomic E-state index is -0.129. The quantitative estimate of drug-likeness (QED) is 0.852. The lowest BCUT2D eigenvalue weighted by atomic mass is 10.2. The topological polar surface area (TPSA) is 49.3 Å². The molecule has 2 N–H and O–H groups in total. The summed E-state index contributed by atoms with van der Waals surface area (Å²) < 4.78 is 0. The van der Waals surface area contributed by atoms with Gasteiger partial charge in [-0.05, 0) is 36.8 Å². The summed E-state index contributed by atoms with van der Waals surface area (Å²) in [7, 11) is 0. The van der Waals surface area contributed by atoms with Crippen molar-refractivity contribution in [2.24, 2.45) is 0 Å². The summed E-state index contributed by atoms with van der Waals surface area (Å²) in [5.41, 5.74) is 1.89. The molecular weight excluding hydrogens is 270 g/mol. The van der Waals surface area contributed by atoms with Crippen molar-refractivity contribution in [2.45, 2.75) is 13.3 Å². The van der Waals surface area contributed by atoms with Gasteiger partial charge >= 0.3 is 0 Å². The van der Waals surface area contributed by atoms with Crippen LogP contribution in [0.2, 0.25) is 0 Å². The molecule has 1 aromatic carbocycles. The highest BCUT2D eigenvalue weighted by atomic mass is 32.1. The predicted molar refractivity (Wildman–Crippen MR) is 82.0 cm³/mol. The Balaban J connectivity index is 2.05. The van der Waals surface area contributed by atoms with E-state index < -0.39 is 0 Å². The monoisotopic (exact) mass is 285 g/mol. The van der Waals surface area contributed by atoms with E-state index in [1.807, 2.05) is 37.3 Å². The fourth-order valence-corrected chi connectivity index (χ4v) is 2.42. The molecule has 0 bridgehead atoms. The summed E-state index contributed by atoms with van der Waals surface area (Å²) in [5, 5.41) is 11.5. The van der Waals surface area contributed by atoms with Crippen LogP contribution >= 0.6 is 11.3 Å². The average molecular weight is 285 g/mol. The van der Waals surface area contributed by atoms with Gasteiger partial charge in [0.25, 0.3) is 5.91 Å². The Morgan fingerprint density at radius 3 is 2.95 bits per heavy atom. The standard InChI is InChI=1S/C16H15NO2S/c1-12-5-4-6-13(11-12)17-16(19)15-9-8-14(20-15)7-2-3-10-18/h4-6,8-9,11,18H,3,10H2,1H3,(H,17,19). The molecule has 20 heavy (non-hydrogen) atoms. The van der Waals surface area contributed by atoms with Crippen LogP contribution in [-0.2, 0) is 0 Å². The number of hydrogen-bond acceptors (Lipinski definition) is 3. The van der Waals surface area contributed by atoms with Gasteiger partial charge in [-0.1, -0.05) is 24.0 Å². The molecule has 0 atom stereocenters. The molecular formula is C16H15NO2S. The number of benzene rings is 1. The number of anilines is 1. The molecule has 0 spiro atoms. The molecule has 0 unspecified atom stereocenters. The smallest absolute Gasteiger partial charge is 0.265 e.